The average molecular weight is 378 g/mol. The van der Waals surface area contributed by atoms with Gasteiger partial charge in [-0.3, -0.25) is 4.98 Å². The molecule has 4 aromatic heterocycles. The Morgan fingerprint density at radius 1 is 1.22 bits per heavy atom. The topological polar surface area (TPSA) is 76.9 Å². The highest BCUT2D eigenvalue weighted by atomic mass is 32.1. The number of pyridine rings is 1. The Balaban J connectivity index is 1.50. The number of hydrogen-bond acceptors (Lipinski definition) is 8. The molecule has 0 bridgehead atoms. The minimum Gasteiger partial charge on any atom is -0.487 e. The van der Waals surface area contributed by atoms with Crippen molar-refractivity contribution in [3.8, 4) is 5.75 Å². The van der Waals surface area contributed by atoms with Crippen LogP contribution in [-0.4, -0.2) is 44.3 Å². The first-order valence-corrected chi connectivity index (χ1v) is 9.71. The second-order valence-corrected chi connectivity index (χ2v) is 7.73. The predicted octanol–water partition coefficient (Wildman–Crippen LogP) is 3.30. The van der Waals surface area contributed by atoms with Crippen molar-refractivity contribution in [3.63, 3.8) is 0 Å². The lowest BCUT2D eigenvalue weighted by Crippen LogP contribution is -2.25. The first-order chi connectivity index (χ1) is 13.2. The summed E-state index contributed by atoms with van der Waals surface area (Å²) in [7, 11) is 0. The molecule has 0 aromatic carbocycles. The van der Waals surface area contributed by atoms with Crippen LogP contribution >= 0.6 is 11.3 Å². The number of aryl methyl sites for hydroxylation is 2. The van der Waals surface area contributed by atoms with Crippen LogP contribution in [0.25, 0.3) is 20.4 Å². The van der Waals surface area contributed by atoms with Crippen molar-refractivity contribution in [2.45, 2.75) is 26.4 Å². The van der Waals surface area contributed by atoms with Crippen molar-refractivity contribution in [1.29, 1.82) is 0 Å². The van der Waals surface area contributed by atoms with E-state index in [0.717, 1.165) is 62.8 Å². The summed E-state index contributed by atoms with van der Waals surface area (Å²) in [6.07, 6.45) is 6.22. The molecule has 0 aliphatic carbocycles. The summed E-state index contributed by atoms with van der Waals surface area (Å²) < 4.78 is 7.13. The van der Waals surface area contributed by atoms with E-state index in [4.69, 9.17) is 4.74 Å². The SMILES string of the molecule is Cc1nnc2sc3c(N4CC[C@H](Oc5cccnc5)C4)ncnc3c2c1C. The first kappa shape index (κ1) is 16.3. The Kier molecular flexibility index (Phi) is 3.86. The third kappa shape index (κ3) is 2.76. The Bertz CT molecular complexity index is 1130. The van der Waals surface area contributed by atoms with Crippen LogP contribution in [0, 0.1) is 13.8 Å². The maximum Gasteiger partial charge on any atom is 0.150 e. The average Bonchev–Trinajstić information content (AvgIpc) is 3.30. The fourth-order valence-electron chi connectivity index (χ4n) is 3.52. The predicted molar refractivity (Wildman–Crippen MR) is 105 cm³/mol. The zero-order valence-electron chi connectivity index (χ0n) is 15.1. The molecule has 5 rings (SSSR count). The summed E-state index contributed by atoms with van der Waals surface area (Å²) in [5, 5.41) is 9.72. The largest absolute Gasteiger partial charge is 0.487 e. The summed E-state index contributed by atoms with van der Waals surface area (Å²) in [6.45, 7) is 5.75. The zero-order chi connectivity index (χ0) is 18.4. The molecular weight excluding hydrogens is 360 g/mol. The highest BCUT2D eigenvalue weighted by Gasteiger charge is 2.28. The molecule has 1 fully saturated rings. The van der Waals surface area contributed by atoms with Gasteiger partial charge in [0, 0.05) is 24.5 Å². The highest BCUT2D eigenvalue weighted by molar-refractivity contribution is 7.26. The number of hydrogen-bond donors (Lipinski definition) is 0. The number of aromatic nitrogens is 5. The molecule has 0 amide bonds. The summed E-state index contributed by atoms with van der Waals surface area (Å²) in [5.41, 5.74) is 3.04. The number of ether oxygens (including phenoxy) is 1. The van der Waals surface area contributed by atoms with Crippen LogP contribution in [0.1, 0.15) is 17.7 Å². The van der Waals surface area contributed by atoms with Gasteiger partial charge in [-0.1, -0.05) is 0 Å². The van der Waals surface area contributed by atoms with Crippen molar-refractivity contribution < 1.29 is 4.74 Å². The minimum absolute atomic E-state index is 0.123. The Labute approximate surface area is 160 Å². The third-order valence-electron chi connectivity index (χ3n) is 5.02. The van der Waals surface area contributed by atoms with Gasteiger partial charge < -0.3 is 9.64 Å². The van der Waals surface area contributed by atoms with Gasteiger partial charge in [-0.05, 0) is 31.5 Å². The van der Waals surface area contributed by atoms with E-state index in [2.05, 4.69) is 37.0 Å². The molecule has 0 radical (unpaired) electrons. The van der Waals surface area contributed by atoms with E-state index in [1.807, 2.05) is 19.1 Å². The van der Waals surface area contributed by atoms with E-state index in [1.54, 1.807) is 30.1 Å². The van der Waals surface area contributed by atoms with Crippen molar-refractivity contribution >= 4 is 37.6 Å². The van der Waals surface area contributed by atoms with E-state index in [-0.39, 0.29) is 6.10 Å². The molecule has 1 aliphatic heterocycles. The fraction of sp³-hybridized carbons (Fsp3) is 0.316. The van der Waals surface area contributed by atoms with Crippen LogP contribution in [0.5, 0.6) is 5.75 Å². The van der Waals surface area contributed by atoms with Crippen molar-refractivity contribution in [2.75, 3.05) is 18.0 Å². The summed E-state index contributed by atoms with van der Waals surface area (Å²) in [6, 6.07) is 3.83. The molecule has 1 saturated heterocycles. The van der Waals surface area contributed by atoms with Crippen LogP contribution in [0.2, 0.25) is 0 Å². The molecule has 27 heavy (non-hydrogen) atoms. The maximum absolute atomic E-state index is 6.07. The van der Waals surface area contributed by atoms with E-state index >= 15 is 0 Å². The maximum atomic E-state index is 6.07. The Morgan fingerprint density at radius 3 is 3.00 bits per heavy atom. The third-order valence-corrected chi connectivity index (χ3v) is 6.08. The normalized spacial score (nSPS) is 17.1. The second-order valence-electron chi connectivity index (χ2n) is 6.73. The summed E-state index contributed by atoms with van der Waals surface area (Å²) in [5.74, 6) is 1.76. The second kappa shape index (κ2) is 6.38. The molecular formula is C19H18N6OS. The van der Waals surface area contributed by atoms with Crippen LogP contribution in [0.4, 0.5) is 5.82 Å². The number of fused-ring (bicyclic) bond motifs is 3. The van der Waals surface area contributed by atoms with Gasteiger partial charge in [0.15, 0.2) is 0 Å². The van der Waals surface area contributed by atoms with Gasteiger partial charge >= 0.3 is 0 Å². The molecule has 1 aliphatic rings. The van der Waals surface area contributed by atoms with Crippen LogP contribution in [0.15, 0.2) is 30.9 Å². The molecule has 0 saturated carbocycles. The molecule has 4 aromatic rings. The van der Waals surface area contributed by atoms with Crippen LogP contribution in [-0.2, 0) is 0 Å². The fourth-order valence-corrected chi connectivity index (χ4v) is 4.67. The van der Waals surface area contributed by atoms with E-state index < -0.39 is 0 Å². The van der Waals surface area contributed by atoms with E-state index in [9.17, 15) is 0 Å². The van der Waals surface area contributed by atoms with Gasteiger partial charge in [0.25, 0.3) is 0 Å². The van der Waals surface area contributed by atoms with Gasteiger partial charge in [-0.25, -0.2) is 9.97 Å². The van der Waals surface area contributed by atoms with Crippen LogP contribution < -0.4 is 9.64 Å². The Morgan fingerprint density at radius 2 is 2.15 bits per heavy atom. The number of nitrogens with zero attached hydrogens (tertiary/aromatic N) is 6. The van der Waals surface area contributed by atoms with Gasteiger partial charge in [0.2, 0.25) is 0 Å². The molecule has 136 valence electrons. The zero-order valence-corrected chi connectivity index (χ0v) is 15.9. The van der Waals surface area contributed by atoms with Crippen molar-refractivity contribution in [3.05, 3.63) is 42.1 Å². The van der Waals surface area contributed by atoms with Gasteiger partial charge in [-0.2, -0.15) is 5.10 Å². The lowest BCUT2D eigenvalue weighted by atomic mass is 10.1. The van der Waals surface area contributed by atoms with E-state index in [1.165, 1.54) is 0 Å². The lowest BCUT2D eigenvalue weighted by Gasteiger charge is -2.18. The molecule has 1 atom stereocenters. The van der Waals surface area contributed by atoms with Gasteiger partial charge in [0.1, 0.15) is 28.8 Å². The minimum atomic E-state index is 0.123. The van der Waals surface area contributed by atoms with Crippen molar-refractivity contribution in [2.24, 2.45) is 0 Å². The monoisotopic (exact) mass is 378 g/mol. The highest BCUT2D eigenvalue weighted by Crippen LogP contribution is 2.38. The summed E-state index contributed by atoms with van der Waals surface area (Å²) in [4.78, 5) is 16.4. The van der Waals surface area contributed by atoms with E-state index in [0.29, 0.717) is 0 Å². The standard InChI is InChI=1S/C19H18N6OS/c1-11-12(2)23-24-19-15(11)16-17(27-19)18(22-10-21-16)25-7-5-14(9-25)26-13-4-3-6-20-8-13/h3-4,6,8,10,14H,5,7,9H2,1-2H3/t14-/m0/s1. The molecule has 0 N–H and O–H groups in total. The molecule has 7 nitrogen and oxygen atoms in total. The quantitative estimate of drug-likeness (QED) is 0.541. The molecule has 5 heterocycles. The van der Waals surface area contributed by atoms with Gasteiger partial charge in [-0.15, -0.1) is 16.4 Å². The van der Waals surface area contributed by atoms with Crippen LogP contribution in [0.3, 0.4) is 0 Å². The van der Waals surface area contributed by atoms with Gasteiger partial charge in [0.05, 0.1) is 28.7 Å². The first-order valence-electron chi connectivity index (χ1n) is 8.89. The van der Waals surface area contributed by atoms with Crippen molar-refractivity contribution in [1.82, 2.24) is 25.1 Å². The summed E-state index contributed by atoms with van der Waals surface area (Å²) >= 11 is 1.61. The number of anilines is 1. The molecule has 0 spiro atoms. The molecule has 0 unspecified atom stereocenters. The molecule has 8 heteroatoms. The lowest BCUT2D eigenvalue weighted by molar-refractivity contribution is 0.224. The number of rotatable bonds is 3. The smallest absolute Gasteiger partial charge is 0.150 e. The number of thiophene rings is 1. The Hall–Kier alpha value is -2.87.